The van der Waals surface area contributed by atoms with Crippen LogP contribution in [-0.2, 0) is 0 Å². The Labute approximate surface area is 116 Å². The van der Waals surface area contributed by atoms with E-state index in [1.165, 1.54) is 6.92 Å². The van der Waals surface area contributed by atoms with Gasteiger partial charge in [0.1, 0.15) is 0 Å². The monoisotopic (exact) mass is 332 g/mol. The molecule has 0 fully saturated rings. The summed E-state index contributed by atoms with van der Waals surface area (Å²) in [7, 11) is 0. The van der Waals surface area contributed by atoms with E-state index < -0.39 is 48.4 Å². The van der Waals surface area contributed by atoms with Gasteiger partial charge in [0.25, 0.3) is 6.08 Å². The zero-order valence-corrected chi connectivity index (χ0v) is 11.1. The van der Waals surface area contributed by atoms with Gasteiger partial charge in [-0.25, -0.2) is 4.39 Å². The molecule has 0 heterocycles. The third-order valence-corrected chi connectivity index (χ3v) is 2.50. The molecule has 0 N–H and O–H groups in total. The molecule has 0 aliphatic carbocycles. The molecule has 0 radical (unpaired) electrons. The maximum absolute atomic E-state index is 13.0. The van der Waals surface area contributed by atoms with E-state index in [4.69, 9.17) is 0 Å². The summed E-state index contributed by atoms with van der Waals surface area (Å²) < 4.78 is 97.3. The van der Waals surface area contributed by atoms with Crippen LogP contribution in [0.1, 0.15) is 19.8 Å². The standard InChI is InChI=1S/C9H10ClF7.C2H3F/c1-5(4-11)2-3-8(14,15)9(16,17)6(10)7(12)13;1-2-3/h5H,2-4H2,1H3;2H,1H2. The Bertz CT molecular complexity index is 322. The molecule has 0 nitrogen and oxygen atoms in total. The molecule has 9 heteroatoms. The minimum absolute atomic E-state index is 0.250. The van der Waals surface area contributed by atoms with Crippen LogP contribution in [0.2, 0.25) is 0 Å². The quantitative estimate of drug-likeness (QED) is 0.516. The molecule has 0 spiro atoms. The normalized spacial score (nSPS) is 13.1. The van der Waals surface area contributed by atoms with Crippen molar-refractivity contribution in [2.75, 3.05) is 6.67 Å². The number of rotatable bonds is 6. The van der Waals surface area contributed by atoms with Crippen molar-refractivity contribution in [1.82, 2.24) is 0 Å². The number of allylic oxidation sites excluding steroid dienone is 1. The van der Waals surface area contributed by atoms with Crippen molar-refractivity contribution in [2.24, 2.45) is 5.92 Å². The molecule has 20 heavy (non-hydrogen) atoms. The number of alkyl halides is 5. The molecule has 0 saturated heterocycles. The molecule has 0 aromatic carbocycles. The average molecular weight is 333 g/mol. The van der Waals surface area contributed by atoms with E-state index in [0.717, 1.165) is 0 Å². The molecule has 0 aromatic rings. The fourth-order valence-electron chi connectivity index (χ4n) is 0.941. The Morgan fingerprint density at radius 3 is 1.95 bits per heavy atom. The van der Waals surface area contributed by atoms with Crippen LogP contribution in [0.5, 0.6) is 0 Å². The molecule has 0 bridgehead atoms. The van der Waals surface area contributed by atoms with E-state index in [9.17, 15) is 35.1 Å². The van der Waals surface area contributed by atoms with Crippen molar-refractivity contribution < 1.29 is 35.1 Å². The maximum atomic E-state index is 13.0. The molecule has 0 aliphatic heterocycles. The van der Waals surface area contributed by atoms with Crippen molar-refractivity contribution in [3.8, 4) is 0 Å². The molecule has 0 aliphatic rings. The van der Waals surface area contributed by atoms with Gasteiger partial charge in [-0.2, -0.15) is 26.3 Å². The van der Waals surface area contributed by atoms with Gasteiger partial charge in [0.15, 0.2) is 5.03 Å². The highest BCUT2D eigenvalue weighted by molar-refractivity contribution is 6.30. The fraction of sp³-hybridized carbons (Fsp3) is 0.636. The summed E-state index contributed by atoms with van der Waals surface area (Å²) in [6.07, 6.45) is -4.79. The molecule has 0 rings (SSSR count). The van der Waals surface area contributed by atoms with Crippen LogP contribution in [-0.4, -0.2) is 18.5 Å². The smallest absolute Gasteiger partial charge is 0.251 e. The second-order valence-corrected chi connectivity index (χ2v) is 4.18. The van der Waals surface area contributed by atoms with Crippen molar-refractivity contribution in [3.63, 3.8) is 0 Å². The first-order valence-corrected chi connectivity index (χ1v) is 5.59. The highest BCUT2D eigenvalue weighted by Crippen LogP contribution is 2.46. The van der Waals surface area contributed by atoms with Crippen molar-refractivity contribution in [3.05, 3.63) is 24.0 Å². The predicted octanol–water partition coefficient (Wildman–Crippen LogP) is 6.09. The second-order valence-electron chi connectivity index (χ2n) is 3.81. The average Bonchev–Trinajstić information content (AvgIpc) is 2.35. The third-order valence-electron chi connectivity index (χ3n) is 2.12. The van der Waals surface area contributed by atoms with E-state index in [2.05, 4.69) is 18.2 Å². The van der Waals surface area contributed by atoms with Gasteiger partial charge in [0, 0.05) is 6.42 Å². The molecular formula is C11H13ClF8. The zero-order valence-electron chi connectivity index (χ0n) is 10.4. The SMILES string of the molecule is C=CF.CC(CF)CCC(F)(F)C(F)(F)C(Cl)=C(F)F. The van der Waals surface area contributed by atoms with Crippen molar-refractivity contribution in [2.45, 2.75) is 31.6 Å². The Morgan fingerprint density at radius 1 is 1.25 bits per heavy atom. The van der Waals surface area contributed by atoms with Crippen molar-refractivity contribution >= 4 is 11.6 Å². The summed E-state index contributed by atoms with van der Waals surface area (Å²) in [4.78, 5) is 0. The summed E-state index contributed by atoms with van der Waals surface area (Å²) in [5, 5.41) is -2.48. The highest BCUT2D eigenvalue weighted by atomic mass is 35.5. The molecule has 120 valence electrons. The second kappa shape index (κ2) is 9.20. The van der Waals surface area contributed by atoms with Gasteiger partial charge in [-0.15, -0.1) is 0 Å². The van der Waals surface area contributed by atoms with E-state index in [-0.39, 0.29) is 6.33 Å². The topological polar surface area (TPSA) is 0 Å². The Hall–Kier alpha value is -0.790. The summed E-state index contributed by atoms with van der Waals surface area (Å²) >= 11 is 4.47. The first-order valence-electron chi connectivity index (χ1n) is 5.21. The summed E-state index contributed by atoms with van der Waals surface area (Å²) in [5.41, 5.74) is 0. The van der Waals surface area contributed by atoms with Crippen molar-refractivity contribution in [1.29, 1.82) is 0 Å². The third kappa shape index (κ3) is 6.58. The van der Waals surface area contributed by atoms with Gasteiger partial charge < -0.3 is 0 Å². The van der Waals surface area contributed by atoms with Crippen LogP contribution in [0.15, 0.2) is 24.0 Å². The lowest BCUT2D eigenvalue weighted by molar-refractivity contribution is -0.188. The van der Waals surface area contributed by atoms with E-state index in [1.54, 1.807) is 0 Å². The zero-order chi connectivity index (χ0) is 16.6. The molecule has 0 amide bonds. The van der Waals surface area contributed by atoms with Gasteiger partial charge in [-0.3, -0.25) is 4.39 Å². The van der Waals surface area contributed by atoms with Crippen LogP contribution in [0, 0.1) is 5.92 Å². The van der Waals surface area contributed by atoms with Gasteiger partial charge in [-0.1, -0.05) is 25.1 Å². The highest BCUT2D eigenvalue weighted by Gasteiger charge is 2.59. The number of hydrogen-bond acceptors (Lipinski definition) is 0. The first kappa shape index (κ1) is 21.5. The van der Waals surface area contributed by atoms with Crippen LogP contribution >= 0.6 is 11.6 Å². The lowest BCUT2D eigenvalue weighted by atomic mass is 9.99. The maximum Gasteiger partial charge on any atom is 0.350 e. The lowest BCUT2D eigenvalue weighted by Gasteiger charge is -2.26. The van der Waals surface area contributed by atoms with Crippen LogP contribution in [0.25, 0.3) is 0 Å². The number of halogens is 9. The summed E-state index contributed by atoms with van der Waals surface area (Å²) in [6.45, 7) is 2.98. The van der Waals surface area contributed by atoms with Crippen LogP contribution in [0.3, 0.4) is 0 Å². The Morgan fingerprint density at radius 2 is 1.65 bits per heavy atom. The van der Waals surface area contributed by atoms with Crippen LogP contribution < -0.4 is 0 Å². The van der Waals surface area contributed by atoms with E-state index in [1.807, 2.05) is 0 Å². The molecule has 0 saturated carbocycles. The molecule has 0 aromatic heterocycles. The molecule has 1 unspecified atom stereocenters. The number of hydrogen-bond donors (Lipinski definition) is 0. The molecular weight excluding hydrogens is 320 g/mol. The van der Waals surface area contributed by atoms with Gasteiger partial charge >= 0.3 is 11.8 Å². The fourth-order valence-corrected chi connectivity index (χ4v) is 1.08. The molecule has 1 atom stereocenters. The minimum atomic E-state index is -5.15. The summed E-state index contributed by atoms with van der Waals surface area (Å²) in [6, 6.07) is 0. The minimum Gasteiger partial charge on any atom is -0.251 e. The van der Waals surface area contributed by atoms with Gasteiger partial charge in [-0.05, 0) is 12.3 Å². The van der Waals surface area contributed by atoms with E-state index >= 15 is 0 Å². The largest absolute Gasteiger partial charge is 0.350 e. The predicted molar refractivity (Wildman–Crippen MR) is 60.7 cm³/mol. The Balaban J connectivity index is 0. The Kier molecular flexibility index (Phi) is 9.90. The first-order chi connectivity index (χ1) is 8.97. The van der Waals surface area contributed by atoms with E-state index in [0.29, 0.717) is 0 Å². The van der Waals surface area contributed by atoms with Gasteiger partial charge in [0.2, 0.25) is 0 Å². The van der Waals surface area contributed by atoms with Gasteiger partial charge in [0.05, 0.1) is 13.0 Å². The van der Waals surface area contributed by atoms with Crippen LogP contribution in [0.4, 0.5) is 35.1 Å². The summed E-state index contributed by atoms with van der Waals surface area (Å²) in [5.74, 6) is -10.7. The lowest BCUT2D eigenvalue weighted by Crippen LogP contribution is -2.41.